The Morgan fingerprint density at radius 2 is 1.65 bits per heavy atom. The van der Waals surface area contributed by atoms with Crippen molar-refractivity contribution in [2.24, 2.45) is 0 Å². The quantitative estimate of drug-likeness (QED) is 0.716. The van der Waals surface area contributed by atoms with Gasteiger partial charge in [-0.1, -0.05) is 60.7 Å². The van der Waals surface area contributed by atoms with Gasteiger partial charge < -0.3 is 0 Å². The molecule has 1 nitrogen and oxygen atoms in total. The number of allylic oxidation sites excluding steroid dienone is 2. The van der Waals surface area contributed by atoms with E-state index in [0.717, 1.165) is 6.42 Å². The predicted molar refractivity (Wildman–Crippen MR) is 70.3 cm³/mol. The van der Waals surface area contributed by atoms with Gasteiger partial charge in [-0.3, -0.25) is 0 Å². The molecule has 0 saturated heterocycles. The molecular formula is C16H13N. The van der Waals surface area contributed by atoms with Crippen LogP contribution in [0.5, 0.6) is 0 Å². The van der Waals surface area contributed by atoms with Crippen molar-refractivity contribution in [3.05, 3.63) is 72.3 Å². The van der Waals surface area contributed by atoms with Gasteiger partial charge in [0.2, 0.25) is 0 Å². The third-order valence-corrected chi connectivity index (χ3v) is 2.63. The van der Waals surface area contributed by atoms with E-state index in [4.69, 9.17) is 5.26 Å². The molecule has 0 N–H and O–H groups in total. The first-order valence-electron chi connectivity index (χ1n) is 5.60. The SMILES string of the molecule is N#CC=CCc1ccccc1-c1ccccc1. The zero-order chi connectivity index (χ0) is 11.9. The van der Waals surface area contributed by atoms with Crippen LogP contribution in [0.1, 0.15) is 5.56 Å². The normalized spacial score (nSPS) is 10.3. The van der Waals surface area contributed by atoms with Crippen molar-refractivity contribution < 1.29 is 0 Å². The van der Waals surface area contributed by atoms with Crippen LogP contribution in [0.2, 0.25) is 0 Å². The number of hydrogen-bond donors (Lipinski definition) is 0. The lowest BCUT2D eigenvalue weighted by Gasteiger charge is -2.07. The van der Waals surface area contributed by atoms with Crippen molar-refractivity contribution in [3.8, 4) is 17.2 Å². The van der Waals surface area contributed by atoms with E-state index >= 15 is 0 Å². The van der Waals surface area contributed by atoms with Gasteiger partial charge >= 0.3 is 0 Å². The molecule has 1 heteroatoms. The first kappa shape index (κ1) is 11.2. The van der Waals surface area contributed by atoms with Gasteiger partial charge in [0, 0.05) is 6.08 Å². The Morgan fingerprint density at radius 3 is 2.41 bits per heavy atom. The van der Waals surface area contributed by atoms with Crippen molar-refractivity contribution in [2.75, 3.05) is 0 Å². The molecule has 0 spiro atoms. The summed E-state index contributed by atoms with van der Waals surface area (Å²) in [5, 5.41) is 8.49. The van der Waals surface area contributed by atoms with Crippen LogP contribution in [0, 0.1) is 11.3 Å². The van der Waals surface area contributed by atoms with Crippen molar-refractivity contribution in [3.63, 3.8) is 0 Å². The summed E-state index contributed by atoms with van der Waals surface area (Å²) in [5.74, 6) is 0. The fourth-order valence-corrected chi connectivity index (χ4v) is 1.84. The summed E-state index contributed by atoms with van der Waals surface area (Å²) in [5.41, 5.74) is 3.69. The molecule has 0 atom stereocenters. The zero-order valence-corrected chi connectivity index (χ0v) is 9.51. The monoisotopic (exact) mass is 219 g/mol. The minimum Gasteiger partial charge on any atom is -0.193 e. The average Bonchev–Trinajstić information content (AvgIpc) is 2.41. The summed E-state index contributed by atoms with van der Waals surface area (Å²) in [6.07, 6.45) is 4.21. The Bertz CT molecular complexity index is 547. The number of hydrogen-bond acceptors (Lipinski definition) is 1. The highest BCUT2D eigenvalue weighted by Crippen LogP contribution is 2.23. The molecule has 0 amide bonds. The minimum atomic E-state index is 0.790. The molecule has 2 rings (SSSR count). The Labute approximate surface area is 102 Å². The molecular weight excluding hydrogens is 206 g/mol. The molecule has 0 heterocycles. The average molecular weight is 219 g/mol. The lowest BCUT2D eigenvalue weighted by Crippen LogP contribution is -1.87. The lowest BCUT2D eigenvalue weighted by molar-refractivity contribution is 1.27. The molecule has 0 fully saturated rings. The number of nitrogens with zero attached hydrogens (tertiary/aromatic N) is 1. The van der Waals surface area contributed by atoms with E-state index in [2.05, 4.69) is 24.3 Å². The van der Waals surface area contributed by atoms with Crippen LogP contribution in [-0.4, -0.2) is 0 Å². The molecule has 82 valence electrons. The topological polar surface area (TPSA) is 23.8 Å². The van der Waals surface area contributed by atoms with Gasteiger partial charge in [-0.15, -0.1) is 0 Å². The molecule has 0 aliphatic heterocycles. The first-order valence-corrected chi connectivity index (χ1v) is 5.60. The van der Waals surface area contributed by atoms with Crippen molar-refractivity contribution >= 4 is 0 Å². The van der Waals surface area contributed by atoms with Crippen molar-refractivity contribution in [1.29, 1.82) is 5.26 Å². The van der Waals surface area contributed by atoms with E-state index in [1.54, 1.807) is 0 Å². The Hall–Kier alpha value is -2.33. The van der Waals surface area contributed by atoms with E-state index in [1.807, 2.05) is 42.5 Å². The van der Waals surface area contributed by atoms with Crippen LogP contribution >= 0.6 is 0 Å². The van der Waals surface area contributed by atoms with Gasteiger partial charge in [-0.25, -0.2) is 0 Å². The van der Waals surface area contributed by atoms with Gasteiger partial charge in [0.1, 0.15) is 0 Å². The smallest absolute Gasteiger partial charge is 0.0908 e. The van der Waals surface area contributed by atoms with Gasteiger partial charge in [-0.05, 0) is 23.1 Å². The van der Waals surface area contributed by atoms with Crippen molar-refractivity contribution in [1.82, 2.24) is 0 Å². The number of nitriles is 1. The molecule has 2 aromatic rings. The van der Waals surface area contributed by atoms with E-state index in [1.165, 1.54) is 22.8 Å². The summed E-state index contributed by atoms with van der Waals surface area (Å²) in [6.45, 7) is 0. The van der Waals surface area contributed by atoms with Gasteiger partial charge in [-0.2, -0.15) is 5.26 Å². The maximum absolute atomic E-state index is 8.49. The first-order chi connectivity index (χ1) is 8.42. The highest BCUT2D eigenvalue weighted by atomic mass is 14.2. The third kappa shape index (κ3) is 2.83. The molecule has 0 aromatic heterocycles. The maximum atomic E-state index is 8.49. The van der Waals surface area contributed by atoms with E-state index < -0.39 is 0 Å². The molecule has 0 unspecified atom stereocenters. The fraction of sp³-hybridized carbons (Fsp3) is 0.0625. The summed E-state index contributed by atoms with van der Waals surface area (Å²) < 4.78 is 0. The summed E-state index contributed by atoms with van der Waals surface area (Å²) >= 11 is 0. The largest absolute Gasteiger partial charge is 0.193 e. The molecule has 0 radical (unpaired) electrons. The molecule has 0 aliphatic carbocycles. The highest BCUT2D eigenvalue weighted by molar-refractivity contribution is 5.67. The third-order valence-electron chi connectivity index (χ3n) is 2.63. The molecule has 0 bridgehead atoms. The van der Waals surface area contributed by atoms with Crippen LogP contribution in [0.4, 0.5) is 0 Å². The summed E-state index contributed by atoms with van der Waals surface area (Å²) in [4.78, 5) is 0. The van der Waals surface area contributed by atoms with Gasteiger partial charge in [0.05, 0.1) is 6.07 Å². The fourth-order valence-electron chi connectivity index (χ4n) is 1.84. The second-order valence-corrected chi connectivity index (χ2v) is 3.76. The number of benzene rings is 2. The summed E-state index contributed by atoms with van der Waals surface area (Å²) in [7, 11) is 0. The van der Waals surface area contributed by atoms with Crippen LogP contribution in [-0.2, 0) is 6.42 Å². The second-order valence-electron chi connectivity index (χ2n) is 3.76. The van der Waals surface area contributed by atoms with Gasteiger partial charge in [0.15, 0.2) is 0 Å². The van der Waals surface area contributed by atoms with E-state index in [0.29, 0.717) is 0 Å². The molecule has 0 saturated carbocycles. The van der Waals surface area contributed by atoms with E-state index in [9.17, 15) is 0 Å². The second kappa shape index (κ2) is 5.67. The minimum absolute atomic E-state index is 0.790. The maximum Gasteiger partial charge on any atom is 0.0908 e. The van der Waals surface area contributed by atoms with Crippen LogP contribution in [0.15, 0.2) is 66.7 Å². The number of rotatable bonds is 3. The zero-order valence-electron chi connectivity index (χ0n) is 9.51. The van der Waals surface area contributed by atoms with E-state index in [-0.39, 0.29) is 0 Å². The van der Waals surface area contributed by atoms with Crippen LogP contribution in [0.3, 0.4) is 0 Å². The lowest BCUT2D eigenvalue weighted by atomic mass is 9.98. The Morgan fingerprint density at radius 1 is 0.941 bits per heavy atom. The van der Waals surface area contributed by atoms with Crippen LogP contribution in [0.25, 0.3) is 11.1 Å². The predicted octanol–water partition coefficient (Wildman–Crippen LogP) is 3.98. The van der Waals surface area contributed by atoms with Crippen LogP contribution < -0.4 is 0 Å². The Kier molecular flexibility index (Phi) is 3.72. The molecule has 0 aliphatic rings. The van der Waals surface area contributed by atoms with Gasteiger partial charge in [0.25, 0.3) is 0 Å². The molecule has 2 aromatic carbocycles. The Balaban J connectivity index is 2.35. The van der Waals surface area contributed by atoms with Crippen molar-refractivity contribution in [2.45, 2.75) is 6.42 Å². The summed E-state index contributed by atoms with van der Waals surface area (Å²) in [6, 6.07) is 20.6. The highest BCUT2D eigenvalue weighted by Gasteiger charge is 2.01. The molecule has 17 heavy (non-hydrogen) atoms. The standard InChI is InChI=1S/C16H13N/c17-13-7-6-11-15-10-4-5-12-16(15)14-8-2-1-3-9-14/h1-10,12H,11H2.